The van der Waals surface area contributed by atoms with Gasteiger partial charge >= 0.3 is 0 Å². The summed E-state index contributed by atoms with van der Waals surface area (Å²) in [5.74, 6) is 1.67. The molecule has 2 heterocycles. The number of hydrogen-bond donors (Lipinski definition) is 1. The number of sulfone groups is 1. The van der Waals surface area contributed by atoms with Gasteiger partial charge in [-0.15, -0.1) is 0 Å². The maximum Gasteiger partial charge on any atom is 0.150 e. The van der Waals surface area contributed by atoms with Gasteiger partial charge in [-0.05, 0) is 38.3 Å². The Labute approximate surface area is 109 Å². The second-order valence-corrected chi connectivity index (χ2v) is 7.42. The summed E-state index contributed by atoms with van der Waals surface area (Å²) in [5, 5.41) is 3.51. The predicted octanol–water partition coefficient (Wildman–Crippen LogP) is 1.77. The van der Waals surface area contributed by atoms with Gasteiger partial charge in [0, 0.05) is 18.5 Å². The van der Waals surface area contributed by atoms with Gasteiger partial charge in [-0.3, -0.25) is 0 Å². The van der Waals surface area contributed by atoms with E-state index in [0.717, 1.165) is 31.4 Å². The van der Waals surface area contributed by atoms with E-state index in [0.29, 0.717) is 23.6 Å². The third kappa shape index (κ3) is 4.14. The third-order valence-corrected chi connectivity index (χ3v) is 5.19. The van der Waals surface area contributed by atoms with Crippen LogP contribution in [0.2, 0.25) is 0 Å². The topological polar surface area (TPSA) is 59.3 Å². The Morgan fingerprint density at radius 3 is 2.78 bits per heavy atom. The molecular weight excluding hydrogens is 250 g/mol. The van der Waals surface area contributed by atoms with Gasteiger partial charge in [-0.1, -0.05) is 0 Å². The number of hydrogen-bond acceptors (Lipinski definition) is 4. The molecule has 1 aromatic heterocycles. The first kappa shape index (κ1) is 13.6. The highest BCUT2D eigenvalue weighted by atomic mass is 32.2. The molecular formula is C13H21NO3S. The third-order valence-electron chi connectivity index (χ3n) is 3.48. The van der Waals surface area contributed by atoms with Crippen molar-refractivity contribution in [1.29, 1.82) is 0 Å². The summed E-state index contributed by atoms with van der Waals surface area (Å²) < 4.78 is 27.9. The van der Waals surface area contributed by atoms with Crippen LogP contribution in [0, 0.1) is 0 Å². The second kappa shape index (κ2) is 5.89. The van der Waals surface area contributed by atoms with Gasteiger partial charge in [-0.25, -0.2) is 8.42 Å². The van der Waals surface area contributed by atoms with Crippen molar-refractivity contribution >= 4 is 9.84 Å². The molecule has 0 aromatic carbocycles. The molecule has 0 amide bonds. The lowest BCUT2D eigenvalue weighted by molar-refractivity contribution is 0.390. The molecule has 0 bridgehead atoms. The van der Waals surface area contributed by atoms with Crippen LogP contribution in [0.4, 0.5) is 0 Å². The molecule has 5 heteroatoms. The van der Waals surface area contributed by atoms with Crippen LogP contribution in [0.25, 0.3) is 0 Å². The average Bonchev–Trinajstić information content (AvgIpc) is 2.82. The zero-order valence-corrected chi connectivity index (χ0v) is 11.6. The first-order valence-electron chi connectivity index (χ1n) is 6.54. The Morgan fingerprint density at radius 2 is 2.17 bits per heavy atom. The van der Waals surface area contributed by atoms with Crippen LogP contribution in [0.5, 0.6) is 0 Å². The molecule has 18 heavy (non-hydrogen) atoms. The minimum absolute atomic E-state index is 0.329. The zero-order valence-electron chi connectivity index (χ0n) is 10.8. The van der Waals surface area contributed by atoms with E-state index in [-0.39, 0.29) is 0 Å². The van der Waals surface area contributed by atoms with E-state index in [4.69, 9.17) is 4.42 Å². The predicted molar refractivity (Wildman–Crippen MR) is 71.3 cm³/mol. The Morgan fingerprint density at radius 1 is 1.44 bits per heavy atom. The lowest BCUT2D eigenvalue weighted by atomic mass is 10.1. The Balaban J connectivity index is 1.70. The van der Waals surface area contributed by atoms with E-state index in [1.807, 2.05) is 12.1 Å². The van der Waals surface area contributed by atoms with Crippen molar-refractivity contribution in [1.82, 2.24) is 5.32 Å². The summed E-state index contributed by atoms with van der Waals surface area (Å²) in [5.41, 5.74) is 0. The van der Waals surface area contributed by atoms with Gasteiger partial charge in [0.05, 0.1) is 17.8 Å². The average molecular weight is 271 g/mol. The molecule has 2 rings (SSSR count). The number of rotatable bonds is 5. The fourth-order valence-electron chi connectivity index (χ4n) is 2.36. The molecule has 0 saturated carbocycles. The molecule has 1 aromatic rings. The molecule has 1 fully saturated rings. The van der Waals surface area contributed by atoms with E-state index in [1.54, 1.807) is 6.26 Å². The van der Waals surface area contributed by atoms with E-state index < -0.39 is 9.84 Å². The first-order valence-corrected chi connectivity index (χ1v) is 8.36. The summed E-state index contributed by atoms with van der Waals surface area (Å²) >= 11 is 0. The van der Waals surface area contributed by atoms with Crippen molar-refractivity contribution < 1.29 is 12.8 Å². The Hall–Kier alpha value is -0.810. The molecule has 1 aliphatic rings. The largest absolute Gasteiger partial charge is 0.469 e. The van der Waals surface area contributed by atoms with Gasteiger partial charge in [0.2, 0.25) is 0 Å². The van der Waals surface area contributed by atoms with E-state index in [1.165, 1.54) is 0 Å². The summed E-state index contributed by atoms with van der Waals surface area (Å²) in [7, 11) is -2.75. The van der Waals surface area contributed by atoms with Gasteiger partial charge in [0.1, 0.15) is 15.6 Å². The van der Waals surface area contributed by atoms with Crippen LogP contribution < -0.4 is 5.32 Å². The van der Waals surface area contributed by atoms with Crippen molar-refractivity contribution in [2.45, 2.75) is 44.7 Å². The molecule has 1 N–H and O–H groups in total. The Kier molecular flexibility index (Phi) is 4.45. The van der Waals surface area contributed by atoms with Crippen molar-refractivity contribution in [2.24, 2.45) is 0 Å². The lowest BCUT2D eigenvalue weighted by Gasteiger charge is -2.26. The Bertz CT molecular complexity index is 439. The van der Waals surface area contributed by atoms with Crippen LogP contribution in [-0.4, -0.2) is 32.0 Å². The lowest BCUT2D eigenvalue weighted by Crippen LogP contribution is -2.42. The molecule has 1 unspecified atom stereocenters. The van der Waals surface area contributed by atoms with Crippen LogP contribution >= 0.6 is 0 Å². The highest BCUT2D eigenvalue weighted by Crippen LogP contribution is 2.14. The van der Waals surface area contributed by atoms with Crippen molar-refractivity contribution in [2.75, 3.05) is 11.5 Å². The van der Waals surface area contributed by atoms with Gasteiger partial charge in [0.25, 0.3) is 0 Å². The van der Waals surface area contributed by atoms with Crippen LogP contribution in [0.3, 0.4) is 0 Å². The molecule has 4 nitrogen and oxygen atoms in total. The van der Waals surface area contributed by atoms with Crippen LogP contribution in [-0.2, 0) is 16.3 Å². The molecule has 1 saturated heterocycles. The van der Waals surface area contributed by atoms with Crippen LogP contribution in [0.1, 0.15) is 31.9 Å². The highest BCUT2D eigenvalue weighted by molar-refractivity contribution is 7.91. The van der Waals surface area contributed by atoms with Gasteiger partial charge in [-0.2, -0.15) is 0 Å². The fourth-order valence-corrected chi connectivity index (χ4v) is 3.85. The molecule has 1 atom stereocenters. The van der Waals surface area contributed by atoms with Crippen molar-refractivity contribution in [3.05, 3.63) is 24.2 Å². The highest BCUT2D eigenvalue weighted by Gasteiger charge is 2.24. The maximum absolute atomic E-state index is 11.3. The minimum Gasteiger partial charge on any atom is -0.469 e. The fraction of sp³-hybridized carbons (Fsp3) is 0.692. The smallest absolute Gasteiger partial charge is 0.150 e. The molecule has 1 aliphatic heterocycles. The van der Waals surface area contributed by atoms with E-state index in [9.17, 15) is 8.42 Å². The first-order chi connectivity index (χ1) is 8.55. The summed E-state index contributed by atoms with van der Waals surface area (Å²) in [6.07, 6.45) is 5.11. The van der Waals surface area contributed by atoms with Crippen LogP contribution in [0.15, 0.2) is 22.8 Å². The zero-order chi connectivity index (χ0) is 13.0. The quantitative estimate of drug-likeness (QED) is 0.886. The SMILES string of the molecule is CC(CCc1ccco1)NC1CCS(=O)(=O)CC1. The monoisotopic (exact) mass is 271 g/mol. The maximum atomic E-state index is 11.3. The van der Waals surface area contributed by atoms with Crippen molar-refractivity contribution in [3.63, 3.8) is 0 Å². The van der Waals surface area contributed by atoms with E-state index in [2.05, 4.69) is 12.2 Å². The summed E-state index contributed by atoms with van der Waals surface area (Å²) in [6.45, 7) is 2.14. The standard InChI is InChI=1S/C13H21NO3S/c1-11(4-5-13-3-2-8-17-13)14-12-6-9-18(15,16)10-7-12/h2-3,8,11-12,14H,4-7,9-10H2,1H3. The molecule has 0 radical (unpaired) electrons. The van der Waals surface area contributed by atoms with Gasteiger partial charge < -0.3 is 9.73 Å². The number of aryl methyl sites for hydroxylation is 1. The molecule has 0 spiro atoms. The minimum atomic E-state index is -2.75. The van der Waals surface area contributed by atoms with Gasteiger partial charge in [0.15, 0.2) is 0 Å². The molecule has 102 valence electrons. The van der Waals surface area contributed by atoms with Crippen molar-refractivity contribution in [3.8, 4) is 0 Å². The number of furan rings is 1. The number of nitrogens with one attached hydrogen (secondary N) is 1. The summed E-state index contributed by atoms with van der Waals surface area (Å²) in [6, 6.07) is 4.63. The van der Waals surface area contributed by atoms with E-state index >= 15 is 0 Å². The summed E-state index contributed by atoms with van der Waals surface area (Å²) in [4.78, 5) is 0. The molecule has 0 aliphatic carbocycles. The second-order valence-electron chi connectivity index (χ2n) is 5.11. The normalized spacial score (nSPS) is 21.8.